The molecule has 1 aromatic heterocycles. The zero-order valence-electron chi connectivity index (χ0n) is 11.9. The second-order valence-corrected chi connectivity index (χ2v) is 5.96. The van der Waals surface area contributed by atoms with Crippen LogP contribution in [-0.2, 0) is 4.74 Å². The largest absolute Gasteiger partial charge is 0.484 e. The van der Waals surface area contributed by atoms with Crippen molar-refractivity contribution in [2.24, 2.45) is 5.10 Å². The maximum Gasteiger partial charge on any atom is 0.252 e. The fraction of sp³-hybridized carbons (Fsp3) is 0.188. The lowest BCUT2D eigenvalue weighted by Crippen LogP contribution is -2.12. The molecule has 0 amide bonds. The van der Waals surface area contributed by atoms with E-state index in [0.717, 1.165) is 11.5 Å². The van der Waals surface area contributed by atoms with E-state index in [1.807, 2.05) is 53.7 Å². The normalized spacial score (nSPS) is 19.5. The molecule has 1 aromatic carbocycles. The summed E-state index contributed by atoms with van der Waals surface area (Å²) in [5, 5.41) is 8.22. The van der Waals surface area contributed by atoms with E-state index in [9.17, 15) is 0 Å². The molecule has 0 saturated carbocycles. The van der Waals surface area contributed by atoms with Crippen LogP contribution < -0.4 is 4.74 Å². The summed E-state index contributed by atoms with van der Waals surface area (Å²) in [6.45, 7) is 2.34. The van der Waals surface area contributed by atoms with E-state index >= 15 is 0 Å². The first-order valence-corrected chi connectivity index (χ1v) is 7.87. The smallest absolute Gasteiger partial charge is 0.252 e. The first kappa shape index (κ1) is 13.3. The predicted molar refractivity (Wildman–Crippen MR) is 84.2 cm³/mol. The van der Waals surface area contributed by atoms with Crippen molar-refractivity contribution in [1.82, 2.24) is 5.01 Å². The molecule has 112 valence electrons. The average Bonchev–Trinajstić information content (AvgIpc) is 3.22. The molecule has 0 N–H and O–H groups in total. The summed E-state index contributed by atoms with van der Waals surface area (Å²) >= 11 is 1.61. The molecule has 0 saturated heterocycles. The molecule has 2 aliphatic rings. The number of hydrazone groups is 1. The van der Waals surface area contributed by atoms with E-state index in [1.54, 1.807) is 18.0 Å². The lowest BCUT2D eigenvalue weighted by Gasteiger charge is -2.14. The first-order valence-electron chi connectivity index (χ1n) is 6.93. The minimum atomic E-state index is -0.0122. The lowest BCUT2D eigenvalue weighted by atomic mass is 10.2. The maximum absolute atomic E-state index is 5.71. The number of thioether (sulfide) groups is 1. The molecular weight excluding hydrogens is 300 g/mol. The highest BCUT2D eigenvalue weighted by molar-refractivity contribution is 8.02. The molecule has 0 spiro atoms. The Morgan fingerprint density at radius 1 is 1.27 bits per heavy atom. The van der Waals surface area contributed by atoms with Gasteiger partial charge in [0.1, 0.15) is 11.5 Å². The minimum absolute atomic E-state index is 0.0122. The molecule has 0 aliphatic carbocycles. The van der Waals surface area contributed by atoms with Crippen molar-refractivity contribution < 1.29 is 13.9 Å². The number of nitrogens with zero attached hydrogens (tertiary/aromatic N) is 2. The van der Waals surface area contributed by atoms with Crippen molar-refractivity contribution in [2.45, 2.75) is 12.3 Å². The van der Waals surface area contributed by atoms with Crippen molar-refractivity contribution in [1.29, 1.82) is 0 Å². The third-order valence-corrected chi connectivity index (χ3v) is 4.38. The Bertz CT molecular complexity index is 722. The Morgan fingerprint density at radius 3 is 2.91 bits per heavy atom. The standard InChI is InChI=1S/C16H14N2O3S/c1-11-4-6-12(7-5-11)20-9-14-17-18-15(21-14)10-22-16(18)13-3-2-8-19-13/h2-8,10,16H,9H2,1H3. The Hall–Kier alpha value is -2.34. The SMILES string of the molecule is Cc1ccc(OCC2=NN3C(=CSC3c3ccco3)O2)cc1. The summed E-state index contributed by atoms with van der Waals surface area (Å²) in [6, 6.07) is 11.7. The molecule has 0 bridgehead atoms. The van der Waals surface area contributed by atoms with Crippen molar-refractivity contribution >= 4 is 17.7 Å². The average molecular weight is 314 g/mol. The molecule has 3 heterocycles. The lowest BCUT2D eigenvalue weighted by molar-refractivity contribution is 0.241. The Balaban J connectivity index is 1.43. The van der Waals surface area contributed by atoms with Crippen LogP contribution in [0.1, 0.15) is 16.7 Å². The zero-order valence-corrected chi connectivity index (χ0v) is 12.7. The van der Waals surface area contributed by atoms with Gasteiger partial charge in [-0.25, -0.2) is 5.01 Å². The zero-order chi connectivity index (χ0) is 14.9. The summed E-state index contributed by atoms with van der Waals surface area (Å²) in [7, 11) is 0. The van der Waals surface area contributed by atoms with Crippen LogP contribution in [0.15, 0.2) is 63.5 Å². The molecule has 5 nitrogen and oxygen atoms in total. The Kier molecular flexibility index (Phi) is 3.31. The molecule has 4 rings (SSSR count). The van der Waals surface area contributed by atoms with Gasteiger partial charge in [0.05, 0.1) is 6.26 Å². The minimum Gasteiger partial charge on any atom is -0.484 e. The van der Waals surface area contributed by atoms with E-state index in [1.165, 1.54) is 5.56 Å². The van der Waals surface area contributed by atoms with Crippen LogP contribution in [0.4, 0.5) is 0 Å². The van der Waals surface area contributed by atoms with Gasteiger partial charge in [-0.15, -0.1) is 5.10 Å². The highest BCUT2D eigenvalue weighted by Gasteiger charge is 2.37. The van der Waals surface area contributed by atoms with Crippen LogP contribution in [0.3, 0.4) is 0 Å². The summed E-state index contributed by atoms with van der Waals surface area (Å²) in [4.78, 5) is 0. The van der Waals surface area contributed by atoms with Crippen LogP contribution in [0.5, 0.6) is 5.75 Å². The number of furan rings is 1. The van der Waals surface area contributed by atoms with Crippen molar-refractivity contribution in [3.8, 4) is 5.75 Å². The number of hydrogen-bond acceptors (Lipinski definition) is 6. The van der Waals surface area contributed by atoms with Gasteiger partial charge >= 0.3 is 0 Å². The Morgan fingerprint density at radius 2 is 2.14 bits per heavy atom. The van der Waals surface area contributed by atoms with Gasteiger partial charge in [0.15, 0.2) is 12.0 Å². The summed E-state index contributed by atoms with van der Waals surface area (Å²) in [5.41, 5.74) is 1.20. The fourth-order valence-electron chi connectivity index (χ4n) is 2.24. The van der Waals surface area contributed by atoms with Crippen molar-refractivity contribution in [2.75, 3.05) is 6.61 Å². The maximum atomic E-state index is 5.71. The second-order valence-electron chi connectivity index (χ2n) is 5.00. The number of benzene rings is 1. The molecule has 2 aliphatic heterocycles. The highest BCUT2D eigenvalue weighted by Crippen LogP contribution is 2.45. The monoisotopic (exact) mass is 314 g/mol. The highest BCUT2D eigenvalue weighted by atomic mass is 32.2. The van der Waals surface area contributed by atoms with Gasteiger partial charge in [0.25, 0.3) is 5.90 Å². The van der Waals surface area contributed by atoms with Gasteiger partial charge in [-0.2, -0.15) is 0 Å². The number of fused-ring (bicyclic) bond motifs is 1. The Labute approximate surface area is 132 Å². The van der Waals surface area contributed by atoms with Crippen LogP contribution in [-0.4, -0.2) is 17.5 Å². The molecular formula is C16H14N2O3S. The third kappa shape index (κ3) is 2.46. The topological polar surface area (TPSA) is 47.2 Å². The van der Waals surface area contributed by atoms with Gasteiger partial charge in [-0.05, 0) is 31.2 Å². The van der Waals surface area contributed by atoms with Gasteiger partial charge in [-0.1, -0.05) is 29.5 Å². The van der Waals surface area contributed by atoms with Gasteiger partial charge in [0.2, 0.25) is 5.88 Å². The van der Waals surface area contributed by atoms with E-state index < -0.39 is 0 Å². The van der Waals surface area contributed by atoms with Crippen LogP contribution in [0.25, 0.3) is 0 Å². The third-order valence-electron chi connectivity index (χ3n) is 3.36. The molecule has 1 unspecified atom stereocenters. The number of rotatable bonds is 4. The fourth-order valence-corrected chi connectivity index (χ4v) is 3.18. The van der Waals surface area contributed by atoms with Crippen LogP contribution >= 0.6 is 11.8 Å². The van der Waals surface area contributed by atoms with E-state index in [0.29, 0.717) is 18.4 Å². The molecule has 22 heavy (non-hydrogen) atoms. The molecule has 0 fully saturated rings. The van der Waals surface area contributed by atoms with Gasteiger partial charge < -0.3 is 13.9 Å². The van der Waals surface area contributed by atoms with Gasteiger partial charge in [-0.3, -0.25) is 0 Å². The molecule has 2 aromatic rings. The van der Waals surface area contributed by atoms with Crippen molar-refractivity contribution in [3.05, 3.63) is 65.3 Å². The molecule has 0 radical (unpaired) electrons. The van der Waals surface area contributed by atoms with Crippen molar-refractivity contribution in [3.63, 3.8) is 0 Å². The summed E-state index contributed by atoms with van der Waals surface area (Å²) in [5.74, 6) is 2.91. The quantitative estimate of drug-likeness (QED) is 0.857. The van der Waals surface area contributed by atoms with E-state index in [4.69, 9.17) is 13.9 Å². The molecule has 6 heteroatoms. The predicted octanol–water partition coefficient (Wildman–Crippen LogP) is 3.86. The van der Waals surface area contributed by atoms with E-state index in [-0.39, 0.29) is 5.37 Å². The van der Waals surface area contributed by atoms with Crippen LogP contribution in [0.2, 0.25) is 0 Å². The first-order chi connectivity index (χ1) is 10.8. The number of aryl methyl sites for hydroxylation is 1. The number of hydrogen-bond donors (Lipinski definition) is 0. The van der Waals surface area contributed by atoms with Gasteiger partial charge in [0, 0.05) is 5.41 Å². The van der Waals surface area contributed by atoms with E-state index in [2.05, 4.69) is 5.10 Å². The molecule has 1 atom stereocenters. The van der Waals surface area contributed by atoms with Crippen LogP contribution in [0, 0.1) is 6.92 Å². The second kappa shape index (κ2) is 5.46. The summed E-state index contributed by atoms with van der Waals surface area (Å²) < 4.78 is 16.9. The number of ether oxygens (including phenoxy) is 2. The summed E-state index contributed by atoms with van der Waals surface area (Å²) in [6.07, 6.45) is 1.66.